The van der Waals surface area contributed by atoms with Crippen LogP contribution in [0.15, 0.2) is 36.7 Å². The quantitative estimate of drug-likeness (QED) is 0.867. The number of aromatic nitrogens is 1. The van der Waals surface area contributed by atoms with Gasteiger partial charge in [0, 0.05) is 45.1 Å². The van der Waals surface area contributed by atoms with Gasteiger partial charge < -0.3 is 14.4 Å². The first-order chi connectivity index (χ1) is 11.8. The number of hydrogen-bond acceptors (Lipinski definition) is 5. The van der Waals surface area contributed by atoms with Gasteiger partial charge in [-0.2, -0.15) is 0 Å². The van der Waals surface area contributed by atoms with E-state index in [1.165, 1.54) is 11.1 Å². The van der Waals surface area contributed by atoms with Gasteiger partial charge >= 0.3 is 0 Å². The van der Waals surface area contributed by atoms with Crippen molar-refractivity contribution < 1.29 is 9.47 Å². The van der Waals surface area contributed by atoms with Gasteiger partial charge in [-0.25, -0.2) is 0 Å². The van der Waals surface area contributed by atoms with Gasteiger partial charge in [0.25, 0.3) is 0 Å². The zero-order valence-corrected chi connectivity index (χ0v) is 14.1. The van der Waals surface area contributed by atoms with Gasteiger partial charge in [0.15, 0.2) is 11.5 Å². The normalized spacial score (nSPS) is 17.8. The Morgan fingerprint density at radius 1 is 1.04 bits per heavy atom. The smallest absolute Gasteiger partial charge is 0.184 e. The highest BCUT2D eigenvalue weighted by Crippen LogP contribution is 2.39. The van der Waals surface area contributed by atoms with Crippen LogP contribution in [0.3, 0.4) is 0 Å². The molecule has 0 N–H and O–H groups in total. The molecule has 3 heterocycles. The molecule has 1 aromatic heterocycles. The van der Waals surface area contributed by atoms with Crippen molar-refractivity contribution in [2.45, 2.75) is 13.5 Å². The minimum absolute atomic E-state index is 0.629. The summed E-state index contributed by atoms with van der Waals surface area (Å²) in [6, 6.07) is 8.39. The van der Waals surface area contributed by atoms with Crippen LogP contribution in [0, 0.1) is 6.92 Å². The van der Waals surface area contributed by atoms with Crippen LogP contribution < -0.4 is 14.4 Å². The number of ether oxygens (including phenoxy) is 2. The number of rotatable bonds is 3. The molecule has 2 aliphatic rings. The second kappa shape index (κ2) is 6.69. The summed E-state index contributed by atoms with van der Waals surface area (Å²) in [6.45, 7) is 8.40. The number of aryl methyl sites for hydroxylation is 1. The molecule has 1 saturated heterocycles. The van der Waals surface area contributed by atoms with Gasteiger partial charge in [0.2, 0.25) is 0 Å². The summed E-state index contributed by atoms with van der Waals surface area (Å²) < 4.78 is 11.6. The van der Waals surface area contributed by atoms with E-state index >= 15 is 0 Å². The molecule has 0 radical (unpaired) electrons. The number of anilines is 1. The van der Waals surface area contributed by atoms with Gasteiger partial charge in [0.05, 0.1) is 5.69 Å². The summed E-state index contributed by atoms with van der Waals surface area (Å²) in [5.41, 5.74) is 3.67. The van der Waals surface area contributed by atoms with Crippen molar-refractivity contribution in [2.24, 2.45) is 0 Å². The maximum absolute atomic E-state index is 5.85. The van der Waals surface area contributed by atoms with Crippen molar-refractivity contribution in [1.29, 1.82) is 0 Å². The first kappa shape index (κ1) is 15.3. The van der Waals surface area contributed by atoms with E-state index in [1.807, 2.05) is 24.5 Å². The van der Waals surface area contributed by atoms with Crippen molar-refractivity contribution in [3.63, 3.8) is 0 Å². The molecule has 1 aromatic carbocycles. The standard InChI is InChI=1S/C19H23N3O2/c1-15-11-16(13-20-12-15)14-21-5-7-22(8-6-21)17-3-2-4-18-19(17)24-10-9-23-18/h2-4,11-13H,5-10,14H2,1H3. The molecule has 1 fully saturated rings. The highest BCUT2D eigenvalue weighted by Gasteiger charge is 2.23. The van der Waals surface area contributed by atoms with Gasteiger partial charge in [-0.3, -0.25) is 9.88 Å². The van der Waals surface area contributed by atoms with Crippen LogP contribution in [0.5, 0.6) is 11.5 Å². The van der Waals surface area contributed by atoms with E-state index in [9.17, 15) is 0 Å². The van der Waals surface area contributed by atoms with E-state index in [0.717, 1.165) is 49.9 Å². The van der Waals surface area contributed by atoms with E-state index < -0.39 is 0 Å². The molecule has 0 spiro atoms. The molecule has 0 saturated carbocycles. The highest BCUT2D eigenvalue weighted by atomic mass is 16.6. The molecule has 0 amide bonds. The fraction of sp³-hybridized carbons (Fsp3) is 0.421. The van der Waals surface area contributed by atoms with Crippen LogP contribution in [0.25, 0.3) is 0 Å². The van der Waals surface area contributed by atoms with Crippen LogP contribution in [-0.4, -0.2) is 49.3 Å². The van der Waals surface area contributed by atoms with Gasteiger partial charge in [0.1, 0.15) is 13.2 Å². The van der Waals surface area contributed by atoms with Gasteiger partial charge in [-0.1, -0.05) is 12.1 Å². The van der Waals surface area contributed by atoms with Crippen LogP contribution >= 0.6 is 0 Å². The number of para-hydroxylation sites is 1. The van der Waals surface area contributed by atoms with E-state index in [2.05, 4.69) is 33.8 Å². The summed E-state index contributed by atoms with van der Waals surface area (Å²) in [4.78, 5) is 9.18. The van der Waals surface area contributed by atoms with E-state index in [4.69, 9.17) is 9.47 Å². The Labute approximate surface area is 142 Å². The lowest BCUT2D eigenvalue weighted by Crippen LogP contribution is -2.46. The molecule has 4 rings (SSSR count). The number of benzene rings is 1. The predicted molar refractivity (Wildman–Crippen MR) is 93.9 cm³/mol. The highest BCUT2D eigenvalue weighted by molar-refractivity contribution is 5.65. The lowest BCUT2D eigenvalue weighted by molar-refractivity contribution is 0.171. The molecular formula is C19H23N3O2. The third kappa shape index (κ3) is 3.17. The van der Waals surface area contributed by atoms with Crippen molar-refractivity contribution in [3.05, 3.63) is 47.8 Å². The average molecular weight is 325 g/mol. The molecular weight excluding hydrogens is 302 g/mol. The van der Waals surface area contributed by atoms with E-state index in [-0.39, 0.29) is 0 Å². The lowest BCUT2D eigenvalue weighted by Gasteiger charge is -2.37. The van der Waals surface area contributed by atoms with Crippen molar-refractivity contribution in [2.75, 3.05) is 44.3 Å². The third-order valence-corrected chi connectivity index (χ3v) is 4.60. The molecule has 0 aliphatic carbocycles. The Bertz CT molecular complexity index is 712. The molecule has 126 valence electrons. The minimum atomic E-state index is 0.629. The number of fused-ring (bicyclic) bond motifs is 1. The second-order valence-electron chi connectivity index (χ2n) is 6.44. The molecule has 2 aliphatic heterocycles. The third-order valence-electron chi connectivity index (χ3n) is 4.60. The molecule has 0 unspecified atom stereocenters. The Balaban J connectivity index is 1.41. The summed E-state index contributed by atoms with van der Waals surface area (Å²) in [5, 5.41) is 0. The monoisotopic (exact) mass is 325 g/mol. The Kier molecular flexibility index (Phi) is 4.26. The number of piperazine rings is 1. The lowest BCUT2D eigenvalue weighted by atomic mass is 10.1. The molecule has 0 bridgehead atoms. The maximum atomic E-state index is 5.85. The van der Waals surface area contributed by atoms with Crippen LogP contribution in [0.1, 0.15) is 11.1 Å². The molecule has 0 atom stereocenters. The molecule has 5 heteroatoms. The van der Waals surface area contributed by atoms with Crippen LogP contribution in [-0.2, 0) is 6.54 Å². The zero-order chi connectivity index (χ0) is 16.4. The Morgan fingerprint density at radius 2 is 1.88 bits per heavy atom. The minimum Gasteiger partial charge on any atom is -0.486 e. The largest absolute Gasteiger partial charge is 0.486 e. The number of nitrogens with zero attached hydrogens (tertiary/aromatic N) is 3. The molecule has 2 aromatic rings. The van der Waals surface area contributed by atoms with E-state index in [1.54, 1.807) is 0 Å². The Hall–Kier alpha value is -2.27. The van der Waals surface area contributed by atoms with Crippen molar-refractivity contribution in [3.8, 4) is 11.5 Å². The topological polar surface area (TPSA) is 37.8 Å². The summed E-state index contributed by atoms with van der Waals surface area (Å²) in [7, 11) is 0. The summed E-state index contributed by atoms with van der Waals surface area (Å²) in [5.74, 6) is 1.77. The first-order valence-corrected chi connectivity index (χ1v) is 8.56. The predicted octanol–water partition coefficient (Wildman–Crippen LogP) is 2.48. The maximum Gasteiger partial charge on any atom is 0.184 e. The Morgan fingerprint density at radius 3 is 2.71 bits per heavy atom. The summed E-state index contributed by atoms with van der Waals surface area (Å²) >= 11 is 0. The zero-order valence-electron chi connectivity index (χ0n) is 14.1. The first-order valence-electron chi connectivity index (χ1n) is 8.56. The van der Waals surface area contributed by atoms with Gasteiger partial charge in [-0.15, -0.1) is 0 Å². The van der Waals surface area contributed by atoms with Crippen molar-refractivity contribution >= 4 is 5.69 Å². The van der Waals surface area contributed by atoms with Crippen molar-refractivity contribution in [1.82, 2.24) is 9.88 Å². The van der Waals surface area contributed by atoms with Crippen LogP contribution in [0.4, 0.5) is 5.69 Å². The SMILES string of the molecule is Cc1cncc(CN2CCN(c3cccc4c3OCCO4)CC2)c1. The molecule has 24 heavy (non-hydrogen) atoms. The molecule has 5 nitrogen and oxygen atoms in total. The fourth-order valence-electron chi connectivity index (χ4n) is 3.42. The van der Waals surface area contributed by atoms with Crippen LogP contribution in [0.2, 0.25) is 0 Å². The summed E-state index contributed by atoms with van der Waals surface area (Å²) in [6.07, 6.45) is 3.88. The second-order valence-corrected chi connectivity index (χ2v) is 6.44. The number of hydrogen-bond donors (Lipinski definition) is 0. The fourth-order valence-corrected chi connectivity index (χ4v) is 3.42. The average Bonchev–Trinajstić information content (AvgIpc) is 2.62. The number of pyridine rings is 1. The van der Waals surface area contributed by atoms with Gasteiger partial charge in [-0.05, 0) is 30.2 Å². The van der Waals surface area contributed by atoms with E-state index in [0.29, 0.717) is 13.2 Å².